The number of sulfonamides is 1. The van der Waals surface area contributed by atoms with Gasteiger partial charge in [-0.3, -0.25) is 9.69 Å². The fourth-order valence-electron chi connectivity index (χ4n) is 3.18. The molecule has 1 atom stereocenters. The van der Waals surface area contributed by atoms with E-state index in [9.17, 15) is 13.2 Å². The number of nitrogens with zero attached hydrogens (tertiary/aromatic N) is 4. The highest BCUT2D eigenvalue weighted by Crippen LogP contribution is 2.27. The van der Waals surface area contributed by atoms with Crippen LogP contribution in [-0.4, -0.2) is 64.2 Å². The maximum atomic E-state index is 13.0. The summed E-state index contributed by atoms with van der Waals surface area (Å²) < 4.78 is 28.9. The molecule has 25 heavy (non-hydrogen) atoms. The van der Waals surface area contributed by atoms with E-state index in [1.54, 1.807) is 19.4 Å². The van der Waals surface area contributed by atoms with Gasteiger partial charge in [-0.25, -0.2) is 13.4 Å². The Balaban J connectivity index is 1.90. The molecule has 10 heteroatoms. The SMILES string of the molecule is CCN1CCN(S(=O)(=O)c2cc(C(N)=O)n(C)c2)C[C@H]1c1ncc[nH]1. The monoisotopic (exact) mass is 366 g/mol. The molecule has 1 fully saturated rings. The summed E-state index contributed by atoms with van der Waals surface area (Å²) in [7, 11) is -2.12. The van der Waals surface area contributed by atoms with E-state index < -0.39 is 15.9 Å². The summed E-state index contributed by atoms with van der Waals surface area (Å²) in [5.41, 5.74) is 5.45. The second kappa shape index (κ2) is 6.62. The quantitative estimate of drug-likeness (QED) is 0.767. The number of piperazine rings is 1. The predicted molar refractivity (Wildman–Crippen MR) is 91.3 cm³/mol. The number of carbonyl (C=O) groups excluding carboxylic acids is 1. The van der Waals surface area contributed by atoms with Crippen LogP contribution < -0.4 is 5.73 Å². The number of likely N-dealkylation sites (N-methyl/N-ethyl adjacent to an activating group) is 1. The van der Waals surface area contributed by atoms with Crippen LogP contribution in [0.5, 0.6) is 0 Å². The number of nitrogens with one attached hydrogen (secondary N) is 1. The second-order valence-corrected chi connectivity index (χ2v) is 7.96. The molecule has 0 unspecified atom stereocenters. The zero-order chi connectivity index (χ0) is 18.2. The molecule has 1 amide bonds. The van der Waals surface area contributed by atoms with Crippen LogP contribution >= 0.6 is 0 Å². The summed E-state index contributed by atoms with van der Waals surface area (Å²) in [6, 6.07) is 1.19. The standard InChI is InChI=1S/C15H22N6O3S/c1-3-20-6-7-21(10-13(20)15-17-4-5-18-15)25(23,24)11-8-12(14(16)22)19(2)9-11/h4-5,8-9,13H,3,6-7,10H2,1-2H3,(H2,16,22)(H,17,18)/t13-/m0/s1. The van der Waals surface area contributed by atoms with Crippen molar-refractivity contribution in [3.63, 3.8) is 0 Å². The zero-order valence-electron chi connectivity index (χ0n) is 14.2. The molecule has 136 valence electrons. The van der Waals surface area contributed by atoms with E-state index in [4.69, 9.17) is 5.73 Å². The van der Waals surface area contributed by atoms with Gasteiger partial charge in [-0.1, -0.05) is 6.92 Å². The van der Waals surface area contributed by atoms with Crippen molar-refractivity contribution < 1.29 is 13.2 Å². The van der Waals surface area contributed by atoms with Gasteiger partial charge in [-0.2, -0.15) is 4.31 Å². The number of hydrogen-bond acceptors (Lipinski definition) is 5. The summed E-state index contributed by atoms with van der Waals surface area (Å²) in [6.07, 6.45) is 4.81. The molecular formula is C15H22N6O3S. The maximum absolute atomic E-state index is 13.0. The minimum Gasteiger partial charge on any atom is -0.364 e. The van der Waals surface area contributed by atoms with Gasteiger partial charge < -0.3 is 15.3 Å². The minimum absolute atomic E-state index is 0.0759. The van der Waals surface area contributed by atoms with Gasteiger partial charge in [0.05, 0.1) is 6.04 Å². The van der Waals surface area contributed by atoms with Crippen LogP contribution in [-0.2, 0) is 17.1 Å². The number of aromatic nitrogens is 3. The lowest BCUT2D eigenvalue weighted by Crippen LogP contribution is -2.50. The van der Waals surface area contributed by atoms with Crippen LogP contribution in [0.2, 0.25) is 0 Å². The number of nitrogens with two attached hydrogens (primary N) is 1. The van der Waals surface area contributed by atoms with Gasteiger partial charge >= 0.3 is 0 Å². The Morgan fingerprint density at radius 1 is 1.44 bits per heavy atom. The van der Waals surface area contributed by atoms with E-state index >= 15 is 0 Å². The Labute approximate surface area is 146 Å². The number of aromatic amines is 1. The molecule has 1 saturated heterocycles. The molecule has 3 rings (SSSR count). The summed E-state index contributed by atoms with van der Waals surface area (Å²) in [4.78, 5) is 21.0. The maximum Gasteiger partial charge on any atom is 0.265 e. The number of H-pyrrole nitrogens is 1. The molecule has 1 aliphatic rings. The topological polar surface area (TPSA) is 117 Å². The fourth-order valence-corrected chi connectivity index (χ4v) is 4.69. The van der Waals surface area contributed by atoms with Crippen molar-refractivity contribution in [1.82, 2.24) is 23.7 Å². The number of amides is 1. The number of imidazole rings is 1. The smallest absolute Gasteiger partial charge is 0.265 e. The molecular weight excluding hydrogens is 344 g/mol. The summed E-state index contributed by atoms with van der Waals surface area (Å²) in [6.45, 7) is 4.13. The highest BCUT2D eigenvalue weighted by molar-refractivity contribution is 7.89. The lowest BCUT2D eigenvalue weighted by Gasteiger charge is -2.39. The third kappa shape index (κ3) is 3.20. The van der Waals surface area contributed by atoms with Gasteiger partial charge in [0, 0.05) is 45.3 Å². The molecule has 1 aliphatic heterocycles. The van der Waals surface area contributed by atoms with Crippen molar-refractivity contribution in [3.05, 3.63) is 36.2 Å². The summed E-state index contributed by atoms with van der Waals surface area (Å²) in [5.74, 6) is 0.0841. The Morgan fingerprint density at radius 2 is 2.20 bits per heavy atom. The molecule has 0 bridgehead atoms. The molecule has 9 nitrogen and oxygen atoms in total. The van der Waals surface area contributed by atoms with Gasteiger partial charge in [0.25, 0.3) is 5.91 Å². The molecule has 0 aliphatic carbocycles. The number of carbonyl (C=O) groups is 1. The average Bonchev–Trinajstić information content (AvgIpc) is 3.23. The second-order valence-electron chi connectivity index (χ2n) is 6.02. The third-order valence-electron chi connectivity index (χ3n) is 4.57. The predicted octanol–water partition coefficient (Wildman–Crippen LogP) is -0.0854. The molecule has 0 spiro atoms. The highest BCUT2D eigenvalue weighted by atomic mass is 32.2. The Bertz CT molecular complexity index is 858. The van der Waals surface area contributed by atoms with Crippen molar-refractivity contribution in [1.29, 1.82) is 0 Å². The largest absolute Gasteiger partial charge is 0.364 e. The van der Waals surface area contributed by atoms with E-state index in [0.717, 1.165) is 12.4 Å². The van der Waals surface area contributed by atoms with Crippen LogP contribution in [0.15, 0.2) is 29.6 Å². The van der Waals surface area contributed by atoms with Crippen LogP contribution in [0.3, 0.4) is 0 Å². The van der Waals surface area contributed by atoms with Crippen molar-refractivity contribution in [2.24, 2.45) is 12.8 Å². The number of hydrogen-bond donors (Lipinski definition) is 2. The minimum atomic E-state index is -3.72. The molecule has 3 heterocycles. The molecule has 0 aromatic carbocycles. The molecule has 0 saturated carbocycles. The first-order valence-electron chi connectivity index (χ1n) is 8.04. The first kappa shape index (κ1) is 17.6. The van der Waals surface area contributed by atoms with Gasteiger partial charge in [-0.05, 0) is 12.6 Å². The lowest BCUT2D eigenvalue weighted by atomic mass is 10.2. The third-order valence-corrected chi connectivity index (χ3v) is 6.40. The van der Waals surface area contributed by atoms with Crippen LogP contribution in [0.1, 0.15) is 29.3 Å². The van der Waals surface area contributed by atoms with Crippen LogP contribution in [0, 0.1) is 0 Å². The first-order chi connectivity index (χ1) is 11.8. The van der Waals surface area contributed by atoms with E-state index in [-0.39, 0.29) is 16.6 Å². The number of aryl methyl sites for hydroxylation is 1. The van der Waals surface area contributed by atoms with Gasteiger partial charge in [-0.15, -0.1) is 0 Å². The molecule has 3 N–H and O–H groups in total. The Morgan fingerprint density at radius 3 is 2.76 bits per heavy atom. The number of rotatable bonds is 5. The molecule has 0 radical (unpaired) electrons. The summed E-state index contributed by atoms with van der Waals surface area (Å²) >= 11 is 0. The molecule has 2 aromatic heterocycles. The van der Waals surface area contributed by atoms with Gasteiger partial charge in [0.15, 0.2) is 0 Å². The van der Waals surface area contributed by atoms with Crippen molar-refractivity contribution in [2.75, 3.05) is 26.2 Å². The fraction of sp³-hybridized carbons (Fsp3) is 0.467. The van der Waals surface area contributed by atoms with Crippen LogP contribution in [0.25, 0.3) is 0 Å². The van der Waals surface area contributed by atoms with Crippen molar-refractivity contribution in [3.8, 4) is 0 Å². The van der Waals surface area contributed by atoms with E-state index in [1.165, 1.54) is 21.1 Å². The van der Waals surface area contributed by atoms with E-state index in [2.05, 4.69) is 14.9 Å². The highest BCUT2D eigenvalue weighted by Gasteiger charge is 2.36. The van der Waals surface area contributed by atoms with Crippen molar-refractivity contribution >= 4 is 15.9 Å². The van der Waals surface area contributed by atoms with Crippen molar-refractivity contribution in [2.45, 2.75) is 17.9 Å². The normalized spacial score (nSPS) is 20.0. The van der Waals surface area contributed by atoms with Gasteiger partial charge in [0.2, 0.25) is 10.0 Å². The lowest BCUT2D eigenvalue weighted by molar-refractivity contribution is 0.0992. The number of primary amides is 1. The van der Waals surface area contributed by atoms with E-state index in [0.29, 0.717) is 19.6 Å². The Kier molecular flexibility index (Phi) is 4.67. The Hall–Kier alpha value is -2.17. The first-order valence-corrected chi connectivity index (χ1v) is 9.48. The van der Waals surface area contributed by atoms with Crippen LogP contribution in [0.4, 0.5) is 0 Å². The summed E-state index contributed by atoms with van der Waals surface area (Å²) in [5, 5.41) is 0. The average molecular weight is 366 g/mol. The zero-order valence-corrected chi connectivity index (χ0v) is 15.0. The van der Waals surface area contributed by atoms with Gasteiger partial charge in [0.1, 0.15) is 16.4 Å². The molecule has 2 aromatic rings. The van der Waals surface area contributed by atoms with E-state index in [1.807, 2.05) is 6.92 Å².